The van der Waals surface area contributed by atoms with Gasteiger partial charge in [-0.15, -0.1) is 0 Å². The number of pyridine rings is 1. The lowest BCUT2D eigenvalue weighted by Gasteiger charge is -2.09. The summed E-state index contributed by atoms with van der Waals surface area (Å²) in [6.07, 6.45) is 1.60. The number of anilines is 1. The molecule has 0 saturated heterocycles. The summed E-state index contributed by atoms with van der Waals surface area (Å²) >= 11 is 5.97. The number of methoxy groups -OCH3 is 1. The zero-order valence-electron chi connectivity index (χ0n) is 10.8. The van der Waals surface area contributed by atoms with Crippen LogP contribution >= 0.6 is 11.6 Å². The van der Waals surface area contributed by atoms with Crippen LogP contribution in [0.4, 0.5) is 5.69 Å². The molecule has 20 heavy (non-hydrogen) atoms. The summed E-state index contributed by atoms with van der Waals surface area (Å²) < 4.78 is 10.3. The fourth-order valence-electron chi connectivity index (χ4n) is 1.65. The van der Waals surface area contributed by atoms with Gasteiger partial charge in [-0.2, -0.15) is 0 Å². The predicted octanol–water partition coefficient (Wildman–Crippen LogP) is 2.68. The second kappa shape index (κ2) is 6.25. The minimum atomic E-state index is -0.548. The number of aromatic nitrogens is 1. The smallest absolute Gasteiger partial charge is 0.340 e. The molecule has 0 bridgehead atoms. The summed E-state index contributed by atoms with van der Waals surface area (Å²) in [4.78, 5) is 16.0. The lowest BCUT2D eigenvalue weighted by atomic mass is 10.2. The Hall–Kier alpha value is -2.27. The average Bonchev–Trinajstić information content (AvgIpc) is 2.48. The third kappa shape index (κ3) is 3.00. The molecule has 1 aromatic carbocycles. The van der Waals surface area contributed by atoms with Crippen molar-refractivity contribution in [3.05, 3.63) is 52.7 Å². The number of nitrogens with two attached hydrogens (primary N) is 1. The molecule has 104 valence electrons. The van der Waals surface area contributed by atoms with Crippen molar-refractivity contribution < 1.29 is 14.3 Å². The van der Waals surface area contributed by atoms with E-state index in [9.17, 15) is 4.79 Å². The van der Waals surface area contributed by atoms with Crippen molar-refractivity contribution in [2.24, 2.45) is 0 Å². The first-order valence-corrected chi connectivity index (χ1v) is 6.20. The summed E-state index contributed by atoms with van der Waals surface area (Å²) in [6, 6.07) is 8.31. The number of hydrogen-bond donors (Lipinski definition) is 1. The Morgan fingerprint density at radius 2 is 2.15 bits per heavy atom. The molecule has 0 aliphatic carbocycles. The molecule has 0 aliphatic rings. The van der Waals surface area contributed by atoms with Gasteiger partial charge in [-0.25, -0.2) is 9.78 Å². The minimum Gasteiger partial charge on any atom is -0.481 e. The highest BCUT2D eigenvalue weighted by Gasteiger charge is 2.14. The lowest BCUT2D eigenvalue weighted by molar-refractivity contribution is 0.0470. The summed E-state index contributed by atoms with van der Waals surface area (Å²) in [5.74, 6) is -0.132. The lowest BCUT2D eigenvalue weighted by Crippen LogP contribution is -2.08. The monoisotopic (exact) mass is 292 g/mol. The second-order valence-corrected chi connectivity index (χ2v) is 4.33. The number of hydrogen-bond acceptors (Lipinski definition) is 5. The number of carbonyl (C=O) groups excluding carboxylic acids is 1. The number of rotatable bonds is 4. The van der Waals surface area contributed by atoms with Crippen LogP contribution in [0.25, 0.3) is 0 Å². The standard InChI is InChI=1S/C14H13ClN2O3/c1-19-13-9(4-3-7-17-13)8-20-14(18)10-5-2-6-11(16)12(10)15/h2-7H,8,16H2,1H3. The van der Waals surface area contributed by atoms with Gasteiger partial charge in [0.25, 0.3) is 0 Å². The van der Waals surface area contributed by atoms with E-state index in [1.165, 1.54) is 7.11 Å². The molecule has 1 aromatic heterocycles. The van der Waals surface area contributed by atoms with Crippen molar-refractivity contribution in [1.82, 2.24) is 4.98 Å². The van der Waals surface area contributed by atoms with Crippen molar-refractivity contribution in [3.63, 3.8) is 0 Å². The first kappa shape index (κ1) is 14.1. The molecule has 6 heteroatoms. The Bertz CT molecular complexity index is 632. The highest BCUT2D eigenvalue weighted by atomic mass is 35.5. The van der Waals surface area contributed by atoms with E-state index < -0.39 is 5.97 Å². The quantitative estimate of drug-likeness (QED) is 0.693. The molecule has 5 nitrogen and oxygen atoms in total. The van der Waals surface area contributed by atoms with Gasteiger partial charge in [0.15, 0.2) is 0 Å². The zero-order chi connectivity index (χ0) is 14.5. The van der Waals surface area contributed by atoms with Crippen molar-refractivity contribution >= 4 is 23.3 Å². The van der Waals surface area contributed by atoms with E-state index in [2.05, 4.69) is 4.98 Å². The van der Waals surface area contributed by atoms with Crippen LogP contribution in [-0.4, -0.2) is 18.1 Å². The molecule has 0 spiro atoms. The Kier molecular flexibility index (Phi) is 4.42. The molecular weight excluding hydrogens is 280 g/mol. The highest BCUT2D eigenvalue weighted by Crippen LogP contribution is 2.24. The molecule has 2 rings (SSSR count). The van der Waals surface area contributed by atoms with Crippen molar-refractivity contribution in [1.29, 1.82) is 0 Å². The molecule has 0 radical (unpaired) electrons. The van der Waals surface area contributed by atoms with E-state index in [-0.39, 0.29) is 17.2 Å². The molecule has 2 N–H and O–H groups in total. The van der Waals surface area contributed by atoms with Gasteiger partial charge < -0.3 is 15.2 Å². The van der Waals surface area contributed by atoms with Gasteiger partial charge in [0.2, 0.25) is 5.88 Å². The first-order chi connectivity index (χ1) is 9.63. The van der Waals surface area contributed by atoms with Crippen LogP contribution in [0.2, 0.25) is 5.02 Å². The maximum Gasteiger partial charge on any atom is 0.340 e. The summed E-state index contributed by atoms with van der Waals surface area (Å²) in [5.41, 5.74) is 6.88. The minimum absolute atomic E-state index is 0.0426. The van der Waals surface area contributed by atoms with E-state index in [0.717, 1.165) is 0 Å². The SMILES string of the molecule is COc1ncccc1COC(=O)c1cccc(N)c1Cl. The highest BCUT2D eigenvalue weighted by molar-refractivity contribution is 6.36. The Morgan fingerprint density at radius 3 is 2.90 bits per heavy atom. The summed E-state index contributed by atoms with van der Waals surface area (Å²) in [6.45, 7) is 0.0426. The number of ether oxygens (including phenoxy) is 2. The third-order valence-corrected chi connectivity index (χ3v) is 3.07. The number of nitrogens with zero attached hydrogens (tertiary/aromatic N) is 1. The van der Waals surface area contributed by atoms with Crippen LogP contribution in [-0.2, 0) is 11.3 Å². The molecular formula is C14H13ClN2O3. The maximum absolute atomic E-state index is 12.0. The number of halogens is 1. The normalized spacial score (nSPS) is 10.1. The molecule has 0 saturated carbocycles. The molecule has 0 atom stereocenters. The van der Waals surface area contributed by atoms with Gasteiger partial charge in [0, 0.05) is 6.20 Å². The third-order valence-electron chi connectivity index (χ3n) is 2.65. The predicted molar refractivity (Wildman–Crippen MR) is 75.8 cm³/mol. The van der Waals surface area contributed by atoms with E-state index in [0.29, 0.717) is 17.1 Å². The largest absolute Gasteiger partial charge is 0.481 e. The fraction of sp³-hybridized carbons (Fsp3) is 0.143. The van der Waals surface area contributed by atoms with E-state index in [4.69, 9.17) is 26.8 Å². The molecule has 0 amide bonds. The van der Waals surface area contributed by atoms with Crippen LogP contribution in [0.3, 0.4) is 0 Å². The molecule has 2 aromatic rings. The van der Waals surface area contributed by atoms with Crippen molar-refractivity contribution in [3.8, 4) is 5.88 Å². The van der Waals surface area contributed by atoms with Crippen LogP contribution < -0.4 is 10.5 Å². The topological polar surface area (TPSA) is 74.4 Å². The van der Waals surface area contributed by atoms with E-state index in [1.54, 1.807) is 36.5 Å². The Labute approximate surface area is 121 Å². The molecule has 0 unspecified atom stereocenters. The van der Waals surface area contributed by atoms with Gasteiger partial charge in [-0.3, -0.25) is 0 Å². The van der Waals surface area contributed by atoms with Crippen LogP contribution in [0.5, 0.6) is 5.88 Å². The van der Waals surface area contributed by atoms with Gasteiger partial charge in [-0.05, 0) is 24.3 Å². The molecule has 1 heterocycles. The number of benzene rings is 1. The van der Waals surface area contributed by atoms with Gasteiger partial charge in [-0.1, -0.05) is 17.7 Å². The maximum atomic E-state index is 12.0. The Morgan fingerprint density at radius 1 is 1.35 bits per heavy atom. The van der Waals surface area contributed by atoms with Gasteiger partial charge in [0.1, 0.15) is 6.61 Å². The van der Waals surface area contributed by atoms with Crippen LogP contribution in [0.15, 0.2) is 36.5 Å². The van der Waals surface area contributed by atoms with Crippen LogP contribution in [0.1, 0.15) is 15.9 Å². The Balaban J connectivity index is 2.11. The fourth-order valence-corrected chi connectivity index (χ4v) is 1.85. The molecule has 0 fully saturated rings. The number of carbonyl (C=O) groups is 1. The van der Waals surface area contributed by atoms with Gasteiger partial charge in [0.05, 0.1) is 28.9 Å². The van der Waals surface area contributed by atoms with Crippen molar-refractivity contribution in [2.75, 3.05) is 12.8 Å². The summed E-state index contributed by atoms with van der Waals surface area (Å²) in [7, 11) is 1.50. The van der Waals surface area contributed by atoms with E-state index >= 15 is 0 Å². The summed E-state index contributed by atoms with van der Waals surface area (Å²) in [5, 5.41) is 0.190. The second-order valence-electron chi connectivity index (χ2n) is 3.96. The van der Waals surface area contributed by atoms with Gasteiger partial charge >= 0.3 is 5.97 Å². The van der Waals surface area contributed by atoms with Crippen molar-refractivity contribution in [2.45, 2.75) is 6.61 Å². The molecule has 0 aliphatic heterocycles. The first-order valence-electron chi connectivity index (χ1n) is 5.82. The number of nitrogen functional groups attached to an aromatic ring is 1. The zero-order valence-corrected chi connectivity index (χ0v) is 11.6. The van der Waals surface area contributed by atoms with E-state index in [1.807, 2.05) is 0 Å². The van der Waals surface area contributed by atoms with Crippen LogP contribution in [0, 0.1) is 0 Å². The average molecular weight is 293 g/mol. The number of esters is 1.